The van der Waals surface area contributed by atoms with Crippen LogP contribution in [0.4, 0.5) is 5.82 Å². The maximum absolute atomic E-state index is 6.03. The second kappa shape index (κ2) is 4.05. The summed E-state index contributed by atoms with van der Waals surface area (Å²) >= 11 is 1.73. The number of imidazole rings is 1. The fourth-order valence-corrected chi connectivity index (χ4v) is 3.34. The van der Waals surface area contributed by atoms with E-state index in [0.29, 0.717) is 5.82 Å². The molecule has 4 nitrogen and oxygen atoms in total. The summed E-state index contributed by atoms with van der Waals surface area (Å²) in [5.41, 5.74) is 8.87. The van der Waals surface area contributed by atoms with Crippen molar-refractivity contribution in [3.8, 4) is 11.3 Å². The van der Waals surface area contributed by atoms with E-state index in [1.165, 1.54) is 10.1 Å². The Morgan fingerprint density at radius 2 is 2.15 bits per heavy atom. The highest BCUT2D eigenvalue weighted by Crippen LogP contribution is 2.31. The number of hydrogen-bond acceptors (Lipinski definition) is 4. The Balaban J connectivity index is 2.06. The Hall–Kier alpha value is -2.40. The number of nitrogens with zero attached hydrogens (tertiary/aromatic N) is 3. The molecule has 0 aliphatic rings. The Kier molecular flexibility index (Phi) is 2.31. The van der Waals surface area contributed by atoms with Gasteiger partial charge in [0.2, 0.25) is 0 Å². The van der Waals surface area contributed by atoms with Crippen LogP contribution in [0.1, 0.15) is 5.82 Å². The van der Waals surface area contributed by atoms with E-state index in [9.17, 15) is 0 Å². The maximum Gasteiger partial charge on any atom is 0.150 e. The van der Waals surface area contributed by atoms with Crippen molar-refractivity contribution >= 4 is 32.8 Å². The summed E-state index contributed by atoms with van der Waals surface area (Å²) in [7, 11) is 0. The Bertz CT molecular complexity index is 936. The fraction of sp³-hybridized carbons (Fsp3) is 0.0667. The van der Waals surface area contributed by atoms with Crippen molar-refractivity contribution in [3.05, 3.63) is 47.9 Å². The van der Waals surface area contributed by atoms with Crippen molar-refractivity contribution in [3.63, 3.8) is 0 Å². The molecule has 5 heteroatoms. The second-order valence-corrected chi connectivity index (χ2v) is 5.66. The standard InChI is InChI=1S/C15H12N4S/c1-9-18-13(14-15(16)17-5-6-19(9)14)11-3-2-10-4-7-20-12(10)8-11/h2-8H,1H3,(H2,16,17). The van der Waals surface area contributed by atoms with Crippen molar-refractivity contribution < 1.29 is 0 Å². The van der Waals surface area contributed by atoms with Gasteiger partial charge in [0.15, 0.2) is 0 Å². The zero-order chi connectivity index (χ0) is 13.7. The van der Waals surface area contributed by atoms with E-state index in [-0.39, 0.29) is 0 Å². The SMILES string of the molecule is Cc1nc(-c2ccc3ccsc3c2)c2c(N)nccn12. The molecule has 3 aromatic heterocycles. The Morgan fingerprint density at radius 1 is 1.25 bits per heavy atom. The maximum atomic E-state index is 6.03. The molecule has 4 rings (SSSR count). The number of nitrogen functional groups attached to an aromatic ring is 1. The lowest BCUT2D eigenvalue weighted by Gasteiger charge is -2.02. The van der Waals surface area contributed by atoms with Crippen LogP contribution >= 0.6 is 11.3 Å². The van der Waals surface area contributed by atoms with E-state index < -0.39 is 0 Å². The summed E-state index contributed by atoms with van der Waals surface area (Å²) in [6, 6.07) is 8.49. The van der Waals surface area contributed by atoms with Gasteiger partial charge in [-0.2, -0.15) is 0 Å². The molecule has 0 fully saturated rings. The van der Waals surface area contributed by atoms with Crippen LogP contribution in [-0.2, 0) is 0 Å². The van der Waals surface area contributed by atoms with Crippen molar-refractivity contribution in [2.75, 3.05) is 5.73 Å². The van der Waals surface area contributed by atoms with E-state index in [2.05, 4.69) is 39.6 Å². The van der Waals surface area contributed by atoms with Crippen molar-refractivity contribution in [1.82, 2.24) is 14.4 Å². The molecule has 0 bridgehead atoms. The van der Waals surface area contributed by atoms with Gasteiger partial charge < -0.3 is 5.73 Å². The van der Waals surface area contributed by atoms with Crippen LogP contribution in [0, 0.1) is 6.92 Å². The summed E-state index contributed by atoms with van der Waals surface area (Å²) in [5.74, 6) is 1.42. The van der Waals surface area contributed by atoms with Crippen LogP contribution in [0.15, 0.2) is 42.0 Å². The smallest absolute Gasteiger partial charge is 0.150 e. The number of nitrogens with two attached hydrogens (primary N) is 1. The first-order valence-electron chi connectivity index (χ1n) is 6.31. The largest absolute Gasteiger partial charge is 0.382 e. The minimum absolute atomic E-state index is 0.509. The predicted octanol–water partition coefficient (Wildman–Crippen LogP) is 3.50. The van der Waals surface area contributed by atoms with E-state index in [1.54, 1.807) is 17.5 Å². The average Bonchev–Trinajstić information content (AvgIpc) is 3.04. The molecule has 1 aromatic carbocycles. The Morgan fingerprint density at radius 3 is 3.05 bits per heavy atom. The molecule has 0 radical (unpaired) electrons. The molecule has 3 heterocycles. The summed E-state index contributed by atoms with van der Waals surface area (Å²) < 4.78 is 3.24. The number of benzene rings is 1. The molecular formula is C15H12N4S. The highest BCUT2D eigenvalue weighted by atomic mass is 32.1. The van der Waals surface area contributed by atoms with Crippen LogP contribution < -0.4 is 5.73 Å². The topological polar surface area (TPSA) is 56.2 Å². The van der Waals surface area contributed by atoms with Crippen LogP contribution in [0.25, 0.3) is 26.9 Å². The van der Waals surface area contributed by atoms with Gasteiger partial charge in [0.05, 0.1) is 0 Å². The van der Waals surface area contributed by atoms with E-state index >= 15 is 0 Å². The summed E-state index contributed by atoms with van der Waals surface area (Å²) in [6.07, 6.45) is 3.59. The third-order valence-corrected chi connectivity index (χ3v) is 4.37. The molecule has 0 saturated heterocycles. The van der Waals surface area contributed by atoms with Gasteiger partial charge in [0.1, 0.15) is 22.9 Å². The number of aromatic nitrogens is 3. The molecule has 2 N–H and O–H groups in total. The zero-order valence-electron chi connectivity index (χ0n) is 10.9. The summed E-state index contributed by atoms with van der Waals surface area (Å²) in [4.78, 5) is 8.84. The Labute approximate surface area is 119 Å². The number of fused-ring (bicyclic) bond motifs is 2. The van der Waals surface area contributed by atoms with Gasteiger partial charge >= 0.3 is 0 Å². The molecule has 98 valence electrons. The van der Waals surface area contributed by atoms with E-state index in [4.69, 9.17) is 5.73 Å². The van der Waals surface area contributed by atoms with Gasteiger partial charge in [0, 0.05) is 22.7 Å². The van der Waals surface area contributed by atoms with Crippen LogP contribution in [0.3, 0.4) is 0 Å². The van der Waals surface area contributed by atoms with Gasteiger partial charge in [0.25, 0.3) is 0 Å². The summed E-state index contributed by atoms with van der Waals surface area (Å²) in [5, 5.41) is 3.35. The first-order valence-corrected chi connectivity index (χ1v) is 7.19. The van der Waals surface area contributed by atoms with Crippen LogP contribution in [0.5, 0.6) is 0 Å². The number of aryl methyl sites for hydroxylation is 1. The lowest BCUT2D eigenvalue weighted by molar-refractivity contribution is 1.03. The number of rotatable bonds is 1. The van der Waals surface area contributed by atoms with Gasteiger partial charge in [-0.1, -0.05) is 12.1 Å². The molecule has 4 aromatic rings. The molecule has 0 saturated carbocycles. The first kappa shape index (κ1) is 11.4. The number of thiophene rings is 1. The molecule has 0 aliphatic heterocycles. The zero-order valence-corrected chi connectivity index (χ0v) is 11.7. The highest BCUT2D eigenvalue weighted by Gasteiger charge is 2.14. The number of anilines is 1. The first-order chi connectivity index (χ1) is 9.74. The summed E-state index contributed by atoms with van der Waals surface area (Å²) in [6.45, 7) is 1.97. The third-order valence-electron chi connectivity index (χ3n) is 3.49. The average molecular weight is 280 g/mol. The van der Waals surface area contributed by atoms with Crippen molar-refractivity contribution in [2.45, 2.75) is 6.92 Å². The molecule has 0 atom stereocenters. The van der Waals surface area contributed by atoms with Crippen molar-refractivity contribution in [1.29, 1.82) is 0 Å². The predicted molar refractivity (Wildman–Crippen MR) is 83.0 cm³/mol. The van der Waals surface area contributed by atoms with Gasteiger partial charge in [-0.3, -0.25) is 4.40 Å². The molecular weight excluding hydrogens is 268 g/mol. The minimum Gasteiger partial charge on any atom is -0.382 e. The van der Waals surface area contributed by atoms with Crippen LogP contribution in [0.2, 0.25) is 0 Å². The monoisotopic (exact) mass is 280 g/mol. The molecule has 0 unspecified atom stereocenters. The van der Waals surface area contributed by atoms with Gasteiger partial charge in [-0.25, -0.2) is 9.97 Å². The third kappa shape index (κ3) is 1.53. The highest BCUT2D eigenvalue weighted by molar-refractivity contribution is 7.17. The second-order valence-electron chi connectivity index (χ2n) is 4.71. The normalized spacial score (nSPS) is 11.4. The van der Waals surface area contributed by atoms with Gasteiger partial charge in [-0.15, -0.1) is 11.3 Å². The molecule has 0 amide bonds. The fourth-order valence-electron chi connectivity index (χ4n) is 2.52. The lowest BCUT2D eigenvalue weighted by atomic mass is 10.1. The quantitative estimate of drug-likeness (QED) is 0.580. The van der Waals surface area contributed by atoms with Crippen LogP contribution in [-0.4, -0.2) is 14.4 Å². The minimum atomic E-state index is 0.509. The molecule has 20 heavy (non-hydrogen) atoms. The van der Waals surface area contributed by atoms with Crippen molar-refractivity contribution in [2.24, 2.45) is 0 Å². The van der Waals surface area contributed by atoms with E-state index in [0.717, 1.165) is 22.6 Å². The number of hydrogen-bond donors (Lipinski definition) is 1. The molecule has 0 aliphatic carbocycles. The lowest BCUT2D eigenvalue weighted by Crippen LogP contribution is -1.96. The van der Waals surface area contributed by atoms with Gasteiger partial charge in [-0.05, 0) is 29.8 Å². The van der Waals surface area contributed by atoms with E-state index in [1.807, 2.05) is 17.5 Å². The molecule has 0 spiro atoms.